The topological polar surface area (TPSA) is 82.4 Å². The number of carbonyl (C=O) groups is 1. The Morgan fingerprint density at radius 3 is 2.67 bits per heavy atom. The number of rotatable bonds is 7. The third-order valence-electron chi connectivity index (χ3n) is 1.87. The largest absolute Gasteiger partial charge is 0.394 e. The Bertz CT molecular complexity index is 223. The average Bonchev–Trinajstić information content (AvgIpc) is 2.18. The van der Waals surface area contributed by atoms with Gasteiger partial charge in [0, 0.05) is 6.54 Å². The van der Waals surface area contributed by atoms with Gasteiger partial charge in [0.15, 0.2) is 0 Å². The Balaban J connectivity index is 3.69. The predicted molar refractivity (Wildman–Crippen MR) is 54.9 cm³/mol. The van der Waals surface area contributed by atoms with Crippen LogP contribution in [0, 0.1) is 23.2 Å². The molecular formula is C10H18N2O3. The normalized spacial score (nSPS) is 12.2. The summed E-state index contributed by atoms with van der Waals surface area (Å²) >= 11 is 0. The van der Waals surface area contributed by atoms with E-state index in [4.69, 9.17) is 15.1 Å². The van der Waals surface area contributed by atoms with Crippen LogP contribution in [-0.2, 0) is 9.53 Å². The second-order valence-electron chi connectivity index (χ2n) is 3.48. The first kappa shape index (κ1) is 13.9. The fourth-order valence-electron chi connectivity index (χ4n) is 1.03. The maximum Gasteiger partial charge on any atom is 0.237 e. The van der Waals surface area contributed by atoms with Gasteiger partial charge < -0.3 is 15.2 Å². The van der Waals surface area contributed by atoms with E-state index >= 15 is 0 Å². The Kier molecular flexibility index (Phi) is 7.60. The fourth-order valence-corrected chi connectivity index (χ4v) is 1.03. The summed E-state index contributed by atoms with van der Waals surface area (Å²) in [6.07, 6.45) is 0. The van der Waals surface area contributed by atoms with E-state index in [1.807, 2.05) is 19.9 Å². The summed E-state index contributed by atoms with van der Waals surface area (Å²) in [5, 5.41) is 19.8. The molecule has 0 spiro atoms. The number of nitrogens with one attached hydrogen (secondary N) is 1. The highest BCUT2D eigenvalue weighted by Crippen LogP contribution is 2.08. The molecule has 0 bridgehead atoms. The van der Waals surface area contributed by atoms with E-state index in [1.54, 1.807) is 0 Å². The molecule has 0 saturated heterocycles. The number of amides is 1. The van der Waals surface area contributed by atoms with Crippen LogP contribution in [0.1, 0.15) is 13.8 Å². The van der Waals surface area contributed by atoms with Crippen LogP contribution in [0.25, 0.3) is 0 Å². The molecule has 0 heterocycles. The van der Waals surface area contributed by atoms with Crippen LogP contribution >= 0.6 is 0 Å². The van der Waals surface area contributed by atoms with E-state index in [2.05, 4.69) is 5.32 Å². The minimum Gasteiger partial charge on any atom is -0.394 e. The lowest BCUT2D eigenvalue weighted by Gasteiger charge is -2.12. The van der Waals surface area contributed by atoms with Crippen molar-refractivity contribution in [3.8, 4) is 6.07 Å². The van der Waals surface area contributed by atoms with Gasteiger partial charge in [0.2, 0.25) is 5.91 Å². The minimum atomic E-state index is -0.608. The molecule has 0 aliphatic carbocycles. The standard InChI is InChI=1S/C10H18N2O3/c1-8(2)9(7-11)10(14)12-3-5-15-6-4-13/h8-9,13H,3-6H2,1-2H3,(H,12,14). The number of hydrogen-bond donors (Lipinski definition) is 2. The number of nitrogens with zero attached hydrogens (tertiary/aromatic N) is 1. The quantitative estimate of drug-likeness (QED) is 0.580. The molecule has 2 N–H and O–H groups in total. The van der Waals surface area contributed by atoms with Crippen molar-refractivity contribution in [2.45, 2.75) is 13.8 Å². The van der Waals surface area contributed by atoms with Crippen LogP contribution in [-0.4, -0.2) is 37.4 Å². The van der Waals surface area contributed by atoms with Crippen LogP contribution in [0.15, 0.2) is 0 Å². The van der Waals surface area contributed by atoms with Gasteiger partial charge in [-0.25, -0.2) is 0 Å². The molecule has 1 amide bonds. The van der Waals surface area contributed by atoms with E-state index in [-0.39, 0.29) is 25.0 Å². The maximum atomic E-state index is 11.4. The molecule has 0 aromatic carbocycles. The summed E-state index contributed by atoms with van der Waals surface area (Å²) < 4.78 is 4.96. The zero-order valence-electron chi connectivity index (χ0n) is 9.19. The van der Waals surface area contributed by atoms with Gasteiger partial charge in [0.05, 0.1) is 25.9 Å². The second kappa shape index (κ2) is 8.21. The Labute approximate surface area is 90.0 Å². The summed E-state index contributed by atoms with van der Waals surface area (Å²) in [4.78, 5) is 11.4. The highest BCUT2D eigenvalue weighted by molar-refractivity contribution is 5.81. The summed E-state index contributed by atoms with van der Waals surface area (Å²) in [6.45, 7) is 4.61. The lowest BCUT2D eigenvalue weighted by Crippen LogP contribution is -2.35. The van der Waals surface area contributed by atoms with Gasteiger partial charge in [0.1, 0.15) is 5.92 Å². The number of nitriles is 1. The van der Waals surface area contributed by atoms with Crippen LogP contribution in [0.4, 0.5) is 0 Å². The van der Waals surface area contributed by atoms with Crippen molar-refractivity contribution >= 4 is 5.91 Å². The lowest BCUT2D eigenvalue weighted by atomic mass is 9.97. The molecule has 86 valence electrons. The molecule has 0 aliphatic heterocycles. The molecular weight excluding hydrogens is 196 g/mol. The molecule has 0 saturated carbocycles. The number of aliphatic hydroxyl groups excluding tert-OH is 1. The molecule has 1 unspecified atom stereocenters. The Hall–Kier alpha value is -1.12. The third-order valence-corrected chi connectivity index (χ3v) is 1.87. The van der Waals surface area contributed by atoms with E-state index in [0.29, 0.717) is 13.2 Å². The molecule has 5 nitrogen and oxygen atoms in total. The first-order chi connectivity index (χ1) is 7.13. The summed E-state index contributed by atoms with van der Waals surface area (Å²) in [5.41, 5.74) is 0. The van der Waals surface area contributed by atoms with Crippen molar-refractivity contribution < 1.29 is 14.6 Å². The Morgan fingerprint density at radius 1 is 1.53 bits per heavy atom. The summed E-state index contributed by atoms with van der Waals surface area (Å²) in [5.74, 6) is -0.865. The summed E-state index contributed by atoms with van der Waals surface area (Å²) in [7, 11) is 0. The number of carbonyl (C=O) groups excluding carboxylic acids is 1. The van der Waals surface area contributed by atoms with Gasteiger partial charge in [0.25, 0.3) is 0 Å². The van der Waals surface area contributed by atoms with Crippen molar-refractivity contribution in [3.05, 3.63) is 0 Å². The molecule has 0 rings (SSSR count). The third kappa shape index (κ3) is 6.05. The van der Waals surface area contributed by atoms with Gasteiger partial charge in [-0.1, -0.05) is 13.8 Å². The van der Waals surface area contributed by atoms with Crippen LogP contribution < -0.4 is 5.32 Å². The number of ether oxygens (including phenoxy) is 1. The van der Waals surface area contributed by atoms with Crippen LogP contribution in [0.3, 0.4) is 0 Å². The molecule has 0 aliphatic rings. The van der Waals surface area contributed by atoms with Gasteiger partial charge in [-0.15, -0.1) is 0 Å². The molecule has 0 aromatic rings. The van der Waals surface area contributed by atoms with Gasteiger partial charge in [-0.2, -0.15) is 5.26 Å². The first-order valence-corrected chi connectivity index (χ1v) is 4.99. The van der Waals surface area contributed by atoms with Crippen LogP contribution in [0.2, 0.25) is 0 Å². The van der Waals surface area contributed by atoms with E-state index in [9.17, 15) is 4.79 Å². The minimum absolute atomic E-state index is 0.00774. The highest BCUT2D eigenvalue weighted by Gasteiger charge is 2.20. The zero-order valence-corrected chi connectivity index (χ0v) is 9.19. The van der Waals surface area contributed by atoms with Gasteiger partial charge in [-0.05, 0) is 5.92 Å². The van der Waals surface area contributed by atoms with Crippen molar-refractivity contribution in [2.24, 2.45) is 11.8 Å². The molecule has 5 heteroatoms. The van der Waals surface area contributed by atoms with Crippen molar-refractivity contribution in [1.82, 2.24) is 5.32 Å². The molecule has 0 aromatic heterocycles. The van der Waals surface area contributed by atoms with E-state index in [0.717, 1.165) is 0 Å². The number of aliphatic hydroxyl groups is 1. The van der Waals surface area contributed by atoms with E-state index < -0.39 is 5.92 Å². The lowest BCUT2D eigenvalue weighted by molar-refractivity contribution is -0.124. The fraction of sp³-hybridized carbons (Fsp3) is 0.800. The zero-order chi connectivity index (χ0) is 11.7. The predicted octanol–water partition coefficient (Wildman–Crippen LogP) is -0.0927. The molecule has 0 radical (unpaired) electrons. The second-order valence-corrected chi connectivity index (χ2v) is 3.48. The highest BCUT2D eigenvalue weighted by atomic mass is 16.5. The SMILES string of the molecule is CC(C)C(C#N)C(=O)NCCOCCO. The smallest absolute Gasteiger partial charge is 0.237 e. The number of hydrogen-bond acceptors (Lipinski definition) is 4. The maximum absolute atomic E-state index is 11.4. The van der Waals surface area contributed by atoms with Crippen molar-refractivity contribution in [2.75, 3.05) is 26.4 Å². The Morgan fingerprint density at radius 2 is 2.20 bits per heavy atom. The molecule has 15 heavy (non-hydrogen) atoms. The monoisotopic (exact) mass is 214 g/mol. The molecule has 1 atom stereocenters. The van der Waals surface area contributed by atoms with Crippen molar-refractivity contribution in [3.63, 3.8) is 0 Å². The van der Waals surface area contributed by atoms with Gasteiger partial charge >= 0.3 is 0 Å². The van der Waals surface area contributed by atoms with Crippen LogP contribution in [0.5, 0.6) is 0 Å². The first-order valence-electron chi connectivity index (χ1n) is 4.99. The molecule has 0 fully saturated rings. The van der Waals surface area contributed by atoms with E-state index in [1.165, 1.54) is 0 Å². The van der Waals surface area contributed by atoms with Crippen molar-refractivity contribution in [1.29, 1.82) is 5.26 Å². The average molecular weight is 214 g/mol. The summed E-state index contributed by atoms with van der Waals surface area (Å²) in [6, 6.07) is 1.96. The van der Waals surface area contributed by atoms with Gasteiger partial charge in [-0.3, -0.25) is 4.79 Å².